The van der Waals surface area contributed by atoms with Gasteiger partial charge in [0.25, 0.3) is 5.91 Å². The highest BCUT2D eigenvalue weighted by Gasteiger charge is 2.50. The van der Waals surface area contributed by atoms with Crippen LogP contribution in [0.1, 0.15) is 55.4 Å². The fourth-order valence-electron chi connectivity index (χ4n) is 6.92. The second-order valence-corrected chi connectivity index (χ2v) is 11.1. The van der Waals surface area contributed by atoms with Crippen molar-refractivity contribution in [2.45, 2.75) is 51.5 Å². The summed E-state index contributed by atoms with van der Waals surface area (Å²) >= 11 is 1.64. The van der Waals surface area contributed by atoms with Gasteiger partial charge in [-0.3, -0.25) is 9.48 Å². The number of carbonyl (C=O) groups excluding carboxylic acids is 1. The fourth-order valence-corrected chi connectivity index (χ4v) is 7.58. The van der Waals surface area contributed by atoms with Crippen molar-refractivity contribution in [2.24, 2.45) is 23.2 Å². The zero-order valence-electron chi connectivity index (χ0n) is 18.2. The fraction of sp³-hybridized carbons (Fsp3) is 0.480. The van der Waals surface area contributed by atoms with Gasteiger partial charge in [-0.2, -0.15) is 11.3 Å². The van der Waals surface area contributed by atoms with Crippen LogP contribution in [0, 0.1) is 23.2 Å². The standard InChI is InChI=1S/C25H29N5OS/c26-21-2-1-19(20-3-6-32-15-20)10-22(21)27-24(31)23-14-30(29-28-23)5-4-25-11-16-7-17(12-25)9-18(8-16)13-25/h1-3,6,10,14-18H,4-5,7-9,11-13,26H2,(H,27,31). The Morgan fingerprint density at radius 1 is 1.12 bits per heavy atom. The van der Waals surface area contributed by atoms with E-state index in [4.69, 9.17) is 5.73 Å². The molecule has 1 aromatic carbocycles. The van der Waals surface area contributed by atoms with Gasteiger partial charge >= 0.3 is 0 Å². The van der Waals surface area contributed by atoms with Gasteiger partial charge in [0.05, 0.1) is 17.6 Å². The number of aryl methyl sites for hydroxylation is 1. The van der Waals surface area contributed by atoms with Crippen molar-refractivity contribution in [3.8, 4) is 11.1 Å². The van der Waals surface area contributed by atoms with Crippen LogP contribution in [0.5, 0.6) is 0 Å². The molecule has 2 aromatic heterocycles. The van der Waals surface area contributed by atoms with E-state index in [0.29, 0.717) is 22.5 Å². The Bertz CT molecular complexity index is 1100. The number of nitrogens with two attached hydrogens (primary N) is 1. The van der Waals surface area contributed by atoms with Crippen LogP contribution >= 0.6 is 11.3 Å². The van der Waals surface area contributed by atoms with E-state index in [1.54, 1.807) is 17.5 Å². The molecule has 0 radical (unpaired) electrons. The van der Waals surface area contributed by atoms with Gasteiger partial charge in [-0.05, 0) is 108 Å². The third-order valence-corrected chi connectivity index (χ3v) is 8.65. The van der Waals surface area contributed by atoms with Gasteiger partial charge in [0.15, 0.2) is 5.69 Å². The zero-order chi connectivity index (χ0) is 21.7. The molecular formula is C25H29N5OS. The van der Waals surface area contributed by atoms with Crippen molar-refractivity contribution in [1.29, 1.82) is 0 Å². The second kappa shape index (κ2) is 7.73. The number of hydrogen-bond donors (Lipinski definition) is 2. The molecule has 4 aliphatic rings. The third-order valence-electron chi connectivity index (χ3n) is 7.96. The predicted octanol–water partition coefficient (Wildman–Crippen LogP) is 5.45. The molecule has 7 heteroatoms. The van der Waals surface area contributed by atoms with Gasteiger partial charge in [0, 0.05) is 6.54 Å². The molecule has 0 spiro atoms. The normalized spacial score (nSPS) is 28.2. The summed E-state index contributed by atoms with van der Waals surface area (Å²) in [7, 11) is 0. The van der Waals surface area contributed by atoms with Gasteiger partial charge in [-0.15, -0.1) is 5.10 Å². The number of thiophene rings is 1. The number of aromatic nitrogens is 3. The average Bonchev–Trinajstić information content (AvgIpc) is 3.45. The quantitative estimate of drug-likeness (QED) is 0.492. The van der Waals surface area contributed by atoms with Crippen LogP contribution in [-0.2, 0) is 6.54 Å². The molecule has 3 aromatic rings. The first-order valence-corrected chi connectivity index (χ1v) is 12.6. The molecule has 4 bridgehead atoms. The maximum Gasteiger partial charge on any atom is 0.277 e. The van der Waals surface area contributed by atoms with Crippen molar-refractivity contribution in [3.63, 3.8) is 0 Å². The molecule has 4 fully saturated rings. The maximum absolute atomic E-state index is 12.8. The SMILES string of the molecule is Nc1ccc(-c2ccsc2)cc1NC(=O)c1cn(CCC23CC4CC(CC(C4)C2)C3)nn1. The van der Waals surface area contributed by atoms with Gasteiger partial charge in [0.2, 0.25) is 0 Å². The summed E-state index contributed by atoms with van der Waals surface area (Å²) in [5.41, 5.74) is 10.2. The molecule has 32 heavy (non-hydrogen) atoms. The number of amides is 1. The number of nitrogens with one attached hydrogen (secondary N) is 1. The van der Waals surface area contributed by atoms with Crippen LogP contribution in [0.2, 0.25) is 0 Å². The lowest BCUT2D eigenvalue weighted by Crippen LogP contribution is -2.46. The van der Waals surface area contributed by atoms with E-state index >= 15 is 0 Å². The van der Waals surface area contributed by atoms with E-state index in [9.17, 15) is 4.79 Å². The van der Waals surface area contributed by atoms with E-state index in [-0.39, 0.29) is 5.91 Å². The first-order valence-electron chi connectivity index (χ1n) is 11.7. The molecule has 0 unspecified atom stereocenters. The minimum atomic E-state index is -0.278. The topological polar surface area (TPSA) is 85.8 Å². The molecule has 0 saturated heterocycles. The first-order chi connectivity index (χ1) is 15.6. The van der Waals surface area contributed by atoms with E-state index in [2.05, 4.69) is 27.1 Å². The average molecular weight is 448 g/mol. The van der Waals surface area contributed by atoms with Crippen molar-refractivity contribution >= 4 is 28.6 Å². The molecule has 7 rings (SSSR count). The Morgan fingerprint density at radius 3 is 2.56 bits per heavy atom. The van der Waals surface area contributed by atoms with Crippen molar-refractivity contribution in [2.75, 3.05) is 11.1 Å². The Labute approximate surface area is 192 Å². The van der Waals surface area contributed by atoms with Crippen LogP contribution in [0.25, 0.3) is 11.1 Å². The highest BCUT2D eigenvalue weighted by Crippen LogP contribution is 2.61. The van der Waals surface area contributed by atoms with Gasteiger partial charge < -0.3 is 11.1 Å². The van der Waals surface area contributed by atoms with Crippen LogP contribution < -0.4 is 11.1 Å². The van der Waals surface area contributed by atoms with E-state index < -0.39 is 0 Å². The van der Waals surface area contributed by atoms with E-state index in [1.165, 1.54) is 38.5 Å². The van der Waals surface area contributed by atoms with Gasteiger partial charge in [0.1, 0.15) is 0 Å². The number of carbonyl (C=O) groups is 1. The van der Waals surface area contributed by atoms with Gasteiger partial charge in [-0.1, -0.05) is 11.3 Å². The smallest absolute Gasteiger partial charge is 0.277 e. The molecular weight excluding hydrogens is 418 g/mol. The molecule has 4 aliphatic carbocycles. The number of benzene rings is 1. The van der Waals surface area contributed by atoms with Crippen LogP contribution in [0.15, 0.2) is 41.2 Å². The maximum atomic E-state index is 12.8. The number of hydrogen-bond acceptors (Lipinski definition) is 5. The molecule has 6 nitrogen and oxygen atoms in total. The van der Waals surface area contributed by atoms with Crippen LogP contribution in [0.3, 0.4) is 0 Å². The lowest BCUT2D eigenvalue weighted by Gasteiger charge is -2.57. The molecule has 0 atom stereocenters. The van der Waals surface area contributed by atoms with E-state index in [0.717, 1.165) is 41.8 Å². The molecule has 1 amide bonds. The summed E-state index contributed by atoms with van der Waals surface area (Å²) < 4.78 is 1.85. The minimum absolute atomic E-state index is 0.278. The number of nitrogens with zero attached hydrogens (tertiary/aromatic N) is 3. The Kier molecular flexibility index (Phi) is 4.82. The minimum Gasteiger partial charge on any atom is -0.397 e. The number of rotatable bonds is 6. The Hall–Kier alpha value is -2.67. The van der Waals surface area contributed by atoms with Crippen molar-refractivity contribution < 1.29 is 4.79 Å². The van der Waals surface area contributed by atoms with E-state index in [1.807, 2.05) is 28.3 Å². The van der Waals surface area contributed by atoms with Crippen molar-refractivity contribution in [3.05, 3.63) is 46.9 Å². The lowest BCUT2D eigenvalue weighted by atomic mass is 9.49. The summed E-state index contributed by atoms with van der Waals surface area (Å²) in [6.45, 7) is 0.836. The second-order valence-electron chi connectivity index (χ2n) is 10.3. The highest BCUT2D eigenvalue weighted by molar-refractivity contribution is 7.08. The van der Waals surface area contributed by atoms with Gasteiger partial charge in [-0.25, -0.2) is 0 Å². The number of nitrogen functional groups attached to an aromatic ring is 1. The summed E-state index contributed by atoms with van der Waals surface area (Å²) in [5.74, 6) is 2.58. The molecule has 0 aliphatic heterocycles. The third kappa shape index (κ3) is 3.72. The lowest BCUT2D eigenvalue weighted by molar-refractivity contribution is -0.0596. The summed E-state index contributed by atoms with van der Waals surface area (Å²) in [4.78, 5) is 12.8. The van der Waals surface area contributed by atoms with Crippen LogP contribution in [0.4, 0.5) is 11.4 Å². The Balaban J connectivity index is 1.12. The molecule has 3 N–H and O–H groups in total. The highest BCUT2D eigenvalue weighted by atomic mass is 32.1. The van der Waals surface area contributed by atoms with Crippen LogP contribution in [-0.4, -0.2) is 20.9 Å². The summed E-state index contributed by atoms with van der Waals surface area (Å²) in [5, 5.41) is 15.4. The first kappa shape index (κ1) is 20.0. The largest absolute Gasteiger partial charge is 0.397 e. The Morgan fingerprint density at radius 2 is 1.88 bits per heavy atom. The van der Waals surface area contributed by atoms with Crippen molar-refractivity contribution in [1.82, 2.24) is 15.0 Å². The summed E-state index contributed by atoms with van der Waals surface area (Å²) in [6.07, 6.45) is 11.5. The zero-order valence-corrected chi connectivity index (χ0v) is 19.0. The number of anilines is 2. The molecule has 2 heterocycles. The molecule has 166 valence electrons. The monoisotopic (exact) mass is 447 g/mol. The summed E-state index contributed by atoms with van der Waals surface area (Å²) in [6, 6.07) is 7.75. The molecule has 4 saturated carbocycles. The predicted molar refractivity (Wildman–Crippen MR) is 127 cm³/mol.